The van der Waals surface area contributed by atoms with E-state index in [2.05, 4.69) is 27.2 Å². The van der Waals surface area contributed by atoms with Crippen LogP contribution in [0.1, 0.15) is 11.1 Å². The van der Waals surface area contributed by atoms with Crippen molar-refractivity contribution in [1.82, 2.24) is 19.9 Å². The molecule has 0 saturated carbocycles. The first-order valence-corrected chi connectivity index (χ1v) is 12.3. The molecular formula is C28H27ClN4O3. The van der Waals surface area contributed by atoms with Crippen molar-refractivity contribution in [2.75, 3.05) is 33.3 Å². The van der Waals surface area contributed by atoms with E-state index in [0.717, 1.165) is 47.6 Å². The van der Waals surface area contributed by atoms with Crippen molar-refractivity contribution < 1.29 is 14.1 Å². The van der Waals surface area contributed by atoms with E-state index in [-0.39, 0.29) is 5.91 Å². The van der Waals surface area contributed by atoms with E-state index in [0.29, 0.717) is 36.2 Å². The molecule has 0 N–H and O–H groups in total. The number of amides is 1. The van der Waals surface area contributed by atoms with E-state index in [9.17, 15) is 4.79 Å². The van der Waals surface area contributed by atoms with Gasteiger partial charge in [0.15, 0.2) is 0 Å². The summed E-state index contributed by atoms with van der Waals surface area (Å²) in [7, 11) is 1.63. The number of rotatable bonds is 7. The van der Waals surface area contributed by atoms with Gasteiger partial charge < -0.3 is 14.2 Å². The molecule has 1 aromatic heterocycles. The standard InChI is InChI=1S/C28H27ClN4O3/c1-35-25-11-3-2-7-21(25)18-26(34)33-14-12-32(13-15-33)19-20-6-4-8-22(16-20)27-30-28(36-31-27)23-9-5-10-24(29)17-23/h2-11,16-17H,12-15,18-19H2,1H3. The van der Waals surface area contributed by atoms with Gasteiger partial charge in [-0.3, -0.25) is 9.69 Å². The first-order valence-electron chi connectivity index (χ1n) is 11.9. The predicted molar refractivity (Wildman–Crippen MR) is 139 cm³/mol. The lowest BCUT2D eigenvalue weighted by Crippen LogP contribution is -2.48. The third kappa shape index (κ3) is 5.58. The zero-order chi connectivity index (χ0) is 24.9. The van der Waals surface area contributed by atoms with Gasteiger partial charge in [-0.1, -0.05) is 59.2 Å². The molecular weight excluding hydrogens is 476 g/mol. The molecule has 1 amide bonds. The predicted octanol–water partition coefficient (Wildman–Crippen LogP) is 4.95. The highest BCUT2D eigenvalue weighted by atomic mass is 35.5. The average Bonchev–Trinajstić information content (AvgIpc) is 3.40. The minimum absolute atomic E-state index is 0.133. The number of carbonyl (C=O) groups is 1. The Morgan fingerprint density at radius 2 is 1.75 bits per heavy atom. The van der Waals surface area contributed by atoms with Crippen LogP contribution in [0.2, 0.25) is 5.02 Å². The Hall–Kier alpha value is -3.68. The van der Waals surface area contributed by atoms with Crippen LogP contribution in [0.3, 0.4) is 0 Å². The van der Waals surface area contributed by atoms with E-state index in [1.165, 1.54) is 0 Å². The SMILES string of the molecule is COc1ccccc1CC(=O)N1CCN(Cc2cccc(-c3noc(-c4cccc(Cl)c4)n3)c2)CC1. The van der Waals surface area contributed by atoms with Gasteiger partial charge >= 0.3 is 0 Å². The van der Waals surface area contributed by atoms with Gasteiger partial charge in [0.25, 0.3) is 5.89 Å². The topological polar surface area (TPSA) is 71.7 Å². The number of nitrogens with zero attached hydrogens (tertiary/aromatic N) is 4. The number of halogens is 1. The number of hydrogen-bond acceptors (Lipinski definition) is 6. The first-order chi connectivity index (χ1) is 17.6. The second kappa shape index (κ2) is 10.9. The number of para-hydroxylation sites is 1. The third-order valence-corrected chi connectivity index (χ3v) is 6.58. The van der Waals surface area contributed by atoms with Gasteiger partial charge in [-0.05, 0) is 35.9 Å². The van der Waals surface area contributed by atoms with E-state index in [4.69, 9.17) is 20.9 Å². The fraction of sp³-hybridized carbons (Fsp3) is 0.250. The molecule has 1 aliphatic heterocycles. The highest BCUT2D eigenvalue weighted by Crippen LogP contribution is 2.25. The van der Waals surface area contributed by atoms with Crippen LogP contribution in [0, 0.1) is 0 Å². The summed E-state index contributed by atoms with van der Waals surface area (Å²) >= 11 is 6.09. The van der Waals surface area contributed by atoms with Gasteiger partial charge in [-0.2, -0.15) is 4.98 Å². The molecule has 1 fully saturated rings. The van der Waals surface area contributed by atoms with Crippen LogP contribution < -0.4 is 4.74 Å². The molecule has 8 heteroatoms. The number of piperazine rings is 1. The van der Waals surface area contributed by atoms with Crippen LogP contribution in [0.15, 0.2) is 77.3 Å². The molecule has 0 atom stereocenters. The Kier molecular flexibility index (Phi) is 7.30. The van der Waals surface area contributed by atoms with Gasteiger partial charge in [0.2, 0.25) is 11.7 Å². The highest BCUT2D eigenvalue weighted by Gasteiger charge is 2.22. The smallest absolute Gasteiger partial charge is 0.258 e. The van der Waals surface area contributed by atoms with Crippen molar-refractivity contribution in [3.63, 3.8) is 0 Å². The summed E-state index contributed by atoms with van der Waals surface area (Å²) in [5, 5.41) is 4.78. The van der Waals surface area contributed by atoms with E-state index < -0.39 is 0 Å². The van der Waals surface area contributed by atoms with Crippen molar-refractivity contribution in [3.8, 4) is 28.6 Å². The lowest BCUT2D eigenvalue weighted by molar-refractivity contribution is -0.132. The van der Waals surface area contributed by atoms with Crippen LogP contribution in [0.5, 0.6) is 5.75 Å². The monoisotopic (exact) mass is 502 g/mol. The minimum atomic E-state index is 0.133. The molecule has 5 rings (SSSR count). The van der Waals surface area contributed by atoms with Gasteiger partial charge in [0.05, 0.1) is 13.5 Å². The van der Waals surface area contributed by atoms with Gasteiger partial charge in [-0.25, -0.2) is 0 Å². The molecule has 2 heterocycles. The number of methoxy groups -OCH3 is 1. The average molecular weight is 503 g/mol. The molecule has 184 valence electrons. The van der Waals surface area contributed by atoms with Crippen molar-refractivity contribution in [1.29, 1.82) is 0 Å². The zero-order valence-corrected chi connectivity index (χ0v) is 20.8. The van der Waals surface area contributed by atoms with Crippen LogP contribution >= 0.6 is 11.6 Å². The lowest BCUT2D eigenvalue weighted by Gasteiger charge is -2.35. The maximum absolute atomic E-state index is 12.8. The number of carbonyl (C=O) groups excluding carboxylic acids is 1. The van der Waals surface area contributed by atoms with Crippen LogP contribution in [0.4, 0.5) is 0 Å². The Morgan fingerprint density at radius 3 is 2.56 bits per heavy atom. The number of hydrogen-bond donors (Lipinski definition) is 0. The molecule has 3 aromatic carbocycles. The molecule has 0 bridgehead atoms. The Balaban J connectivity index is 1.18. The largest absolute Gasteiger partial charge is 0.496 e. The molecule has 4 aromatic rings. The Bertz CT molecular complexity index is 1350. The summed E-state index contributed by atoms with van der Waals surface area (Å²) < 4.78 is 10.9. The van der Waals surface area contributed by atoms with Gasteiger partial charge in [0.1, 0.15) is 5.75 Å². The van der Waals surface area contributed by atoms with Gasteiger partial charge in [-0.15, -0.1) is 0 Å². The maximum Gasteiger partial charge on any atom is 0.258 e. The quantitative estimate of drug-likeness (QED) is 0.356. The highest BCUT2D eigenvalue weighted by molar-refractivity contribution is 6.30. The summed E-state index contributed by atoms with van der Waals surface area (Å²) in [6.45, 7) is 3.86. The zero-order valence-electron chi connectivity index (χ0n) is 20.1. The molecule has 0 radical (unpaired) electrons. The molecule has 0 spiro atoms. The van der Waals surface area contributed by atoms with Crippen LogP contribution in [-0.4, -0.2) is 59.1 Å². The third-order valence-electron chi connectivity index (χ3n) is 6.35. The normalized spacial score (nSPS) is 14.1. The summed E-state index contributed by atoms with van der Waals surface area (Å²) in [6, 6.07) is 23.2. The summed E-state index contributed by atoms with van der Waals surface area (Å²) in [5.41, 5.74) is 3.77. The molecule has 36 heavy (non-hydrogen) atoms. The molecule has 7 nitrogen and oxygen atoms in total. The van der Waals surface area contributed by atoms with Crippen LogP contribution in [0.25, 0.3) is 22.8 Å². The maximum atomic E-state index is 12.8. The van der Waals surface area contributed by atoms with E-state index in [1.54, 1.807) is 13.2 Å². The number of ether oxygens (including phenoxy) is 1. The second-order valence-electron chi connectivity index (χ2n) is 8.78. The molecule has 0 unspecified atom stereocenters. The van der Waals surface area contributed by atoms with Gasteiger partial charge in [0, 0.05) is 54.4 Å². The number of benzene rings is 3. The van der Waals surface area contributed by atoms with Crippen molar-refractivity contribution in [2.45, 2.75) is 13.0 Å². The van der Waals surface area contributed by atoms with E-state index in [1.807, 2.05) is 59.5 Å². The summed E-state index contributed by atoms with van der Waals surface area (Å²) in [5.74, 6) is 1.87. The Morgan fingerprint density at radius 1 is 0.972 bits per heavy atom. The van der Waals surface area contributed by atoms with Crippen LogP contribution in [-0.2, 0) is 17.8 Å². The number of aromatic nitrogens is 2. The fourth-order valence-corrected chi connectivity index (χ4v) is 4.62. The molecule has 0 aliphatic carbocycles. The van der Waals surface area contributed by atoms with Crippen molar-refractivity contribution in [3.05, 3.63) is 88.9 Å². The molecule has 1 saturated heterocycles. The fourth-order valence-electron chi connectivity index (χ4n) is 4.43. The lowest BCUT2D eigenvalue weighted by atomic mass is 10.1. The summed E-state index contributed by atoms with van der Waals surface area (Å²) in [4.78, 5) is 21.7. The summed E-state index contributed by atoms with van der Waals surface area (Å²) in [6.07, 6.45) is 0.355. The second-order valence-corrected chi connectivity index (χ2v) is 9.22. The van der Waals surface area contributed by atoms with Crippen molar-refractivity contribution >= 4 is 17.5 Å². The first kappa shape index (κ1) is 24.0. The Labute approximate surface area is 215 Å². The van der Waals surface area contributed by atoms with Crippen molar-refractivity contribution in [2.24, 2.45) is 0 Å². The minimum Gasteiger partial charge on any atom is -0.496 e. The molecule has 1 aliphatic rings. The van der Waals surface area contributed by atoms with E-state index >= 15 is 0 Å².